The largest absolute Gasteiger partial charge is 0.481 e. The van der Waals surface area contributed by atoms with Crippen LogP contribution in [-0.4, -0.2) is 28.6 Å². The molecular weight excluding hydrogens is 370 g/mol. The van der Waals surface area contributed by atoms with Crippen molar-refractivity contribution >= 4 is 49.2 Å². The Hall–Kier alpha value is 0.0900. The van der Waals surface area contributed by atoms with Crippen molar-refractivity contribution in [1.82, 2.24) is 4.90 Å². The van der Waals surface area contributed by atoms with Crippen LogP contribution in [0.3, 0.4) is 0 Å². The molecule has 0 spiro atoms. The minimum Gasteiger partial charge on any atom is -0.481 e. The van der Waals surface area contributed by atoms with Gasteiger partial charge in [-0.3, -0.25) is 9.69 Å². The van der Waals surface area contributed by atoms with E-state index in [0.717, 1.165) is 14.8 Å². The summed E-state index contributed by atoms with van der Waals surface area (Å²) in [6, 6.07) is 2.69. The van der Waals surface area contributed by atoms with Gasteiger partial charge in [-0.1, -0.05) is 0 Å². The number of carbonyl (C=O) groups is 1. The Morgan fingerprint density at radius 2 is 2.24 bits per heavy atom. The molecule has 1 saturated carbocycles. The first-order valence-corrected chi connectivity index (χ1v) is 7.86. The molecule has 2 rings (SSSR count). The summed E-state index contributed by atoms with van der Waals surface area (Å²) in [5, 5.41) is 8.74. The maximum Gasteiger partial charge on any atom is 0.304 e. The molecule has 1 aliphatic rings. The summed E-state index contributed by atoms with van der Waals surface area (Å²) in [7, 11) is 0. The topological polar surface area (TPSA) is 40.5 Å². The van der Waals surface area contributed by atoms with Crippen LogP contribution in [0, 0.1) is 0 Å². The summed E-state index contributed by atoms with van der Waals surface area (Å²) in [6.45, 7) is 1.50. The smallest absolute Gasteiger partial charge is 0.304 e. The summed E-state index contributed by atoms with van der Waals surface area (Å²) in [5.74, 6) is -0.718. The second-order valence-electron chi connectivity index (χ2n) is 4.18. The van der Waals surface area contributed by atoms with Crippen molar-refractivity contribution in [1.29, 1.82) is 0 Å². The highest BCUT2D eigenvalue weighted by molar-refractivity contribution is 9.13. The van der Waals surface area contributed by atoms with Gasteiger partial charge in [-0.15, -0.1) is 11.3 Å². The van der Waals surface area contributed by atoms with E-state index >= 15 is 0 Å². The predicted molar refractivity (Wildman–Crippen MR) is 75.4 cm³/mol. The summed E-state index contributed by atoms with van der Waals surface area (Å²) in [4.78, 5) is 14.2. The summed E-state index contributed by atoms with van der Waals surface area (Å²) in [6.07, 6.45) is 2.63. The summed E-state index contributed by atoms with van der Waals surface area (Å²) in [5.41, 5.74) is 0. The third kappa shape index (κ3) is 4.05. The van der Waals surface area contributed by atoms with Crippen LogP contribution in [-0.2, 0) is 11.3 Å². The zero-order valence-electron chi connectivity index (χ0n) is 9.16. The van der Waals surface area contributed by atoms with Crippen molar-refractivity contribution in [2.45, 2.75) is 31.8 Å². The second-order valence-corrected chi connectivity index (χ2v) is 7.49. The van der Waals surface area contributed by atoms with Gasteiger partial charge in [0.25, 0.3) is 0 Å². The highest BCUT2D eigenvalue weighted by Gasteiger charge is 2.29. The number of aliphatic carboxylic acids is 1. The molecule has 17 heavy (non-hydrogen) atoms. The van der Waals surface area contributed by atoms with Crippen LogP contribution in [0.1, 0.15) is 24.1 Å². The van der Waals surface area contributed by atoms with Gasteiger partial charge in [-0.2, -0.15) is 0 Å². The molecule has 1 aromatic rings. The number of rotatable bonds is 6. The van der Waals surface area contributed by atoms with Crippen molar-refractivity contribution in [2.24, 2.45) is 0 Å². The summed E-state index contributed by atoms with van der Waals surface area (Å²) < 4.78 is 2.17. The number of nitrogens with zero attached hydrogens (tertiary/aromatic N) is 1. The fraction of sp³-hybridized carbons (Fsp3) is 0.545. The lowest BCUT2D eigenvalue weighted by Crippen LogP contribution is -2.27. The van der Waals surface area contributed by atoms with E-state index in [9.17, 15) is 4.79 Å². The third-order valence-electron chi connectivity index (χ3n) is 2.73. The zero-order chi connectivity index (χ0) is 12.4. The lowest BCUT2D eigenvalue weighted by molar-refractivity contribution is -0.137. The first-order chi connectivity index (χ1) is 8.06. The molecule has 0 aromatic carbocycles. The Labute approximate surface area is 121 Å². The highest BCUT2D eigenvalue weighted by atomic mass is 79.9. The Balaban J connectivity index is 1.95. The van der Waals surface area contributed by atoms with E-state index in [1.165, 1.54) is 17.7 Å². The molecule has 0 aliphatic heterocycles. The Morgan fingerprint density at radius 1 is 1.53 bits per heavy atom. The third-order valence-corrected chi connectivity index (χ3v) is 5.97. The molecule has 0 bridgehead atoms. The molecule has 0 amide bonds. The standard InChI is InChI=1S/C11H13Br2NO2S/c12-9-5-8(17-11(9)13)6-14(7-1-2-7)4-3-10(15)16/h5,7H,1-4,6H2,(H,15,16). The van der Waals surface area contributed by atoms with E-state index < -0.39 is 5.97 Å². The van der Waals surface area contributed by atoms with Gasteiger partial charge in [0.05, 0.1) is 10.2 Å². The van der Waals surface area contributed by atoms with Crippen molar-refractivity contribution < 1.29 is 9.90 Å². The van der Waals surface area contributed by atoms with E-state index in [4.69, 9.17) is 5.11 Å². The number of carboxylic acid groups (broad SMARTS) is 1. The number of thiophene rings is 1. The molecule has 0 saturated heterocycles. The van der Waals surface area contributed by atoms with Gasteiger partial charge in [-0.25, -0.2) is 0 Å². The molecule has 1 heterocycles. The van der Waals surface area contributed by atoms with Crippen LogP contribution in [0.15, 0.2) is 14.3 Å². The van der Waals surface area contributed by atoms with Gasteiger partial charge in [-0.05, 0) is 50.8 Å². The van der Waals surface area contributed by atoms with Gasteiger partial charge in [0.1, 0.15) is 0 Å². The van der Waals surface area contributed by atoms with Crippen LogP contribution in [0.5, 0.6) is 0 Å². The first kappa shape index (κ1) is 13.5. The molecule has 0 atom stereocenters. The van der Waals surface area contributed by atoms with Gasteiger partial charge in [0.15, 0.2) is 0 Å². The normalized spacial score (nSPS) is 15.5. The SMILES string of the molecule is O=C(O)CCN(Cc1cc(Br)c(Br)s1)C1CC1. The minimum absolute atomic E-state index is 0.226. The lowest BCUT2D eigenvalue weighted by atomic mass is 10.3. The Morgan fingerprint density at radius 3 is 2.71 bits per heavy atom. The molecule has 0 unspecified atom stereocenters. The Kier molecular flexibility index (Phi) is 4.63. The lowest BCUT2D eigenvalue weighted by Gasteiger charge is -2.19. The number of hydrogen-bond acceptors (Lipinski definition) is 3. The number of halogens is 2. The molecular formula is C11H13Br2NO2S. The summed E-state index contributed by atoms with van der Waals surface area (Å²) >= 11 is 8.65. The second kappa shape index (κ2) is 5.82. The molecule has 1 fully saturated rings. The van der Waals surface area contributed by atoms with Crippen molar-refractivity contribution in [2.75, 3.05) is 6.54 Å². The monoisotopic (exact) mass is 381 g/mol. The minimum atomic E-state index is -0.718. The maximum atomic E-state index is 10.6. The average Bonchev–Trinajstić information content (AvgIpc) is 3.02. The predicted octanol–water partition coefficient (Wildman–Crippen LogP) is 3.71. The van der Waals surface area contributed by atoms with Crippen LogP contribution < -0.4 is 0 Å². The van der Waals surface area contributed by atoms with Gasteiger partial charge >= 0.3 is 5.97 Å². The van der Waals surface area contributed by atoms with Gasteiger partial charge < -0.3 is 5.11 Å². The number of carboxylic acids is 1. The van der Waals surface area contributed by atoms with E-state index in [2.05, 4.69) is 42.8 Å². The quantitative estimate of drug-likeness (QED) is 0.815. The van der Waals surface area contributed by atoms with Crippen molar-refractivity contribution in [3.63, 3.8) is 0 Å². The molecule has 6 heteroatoms. The average molecular weight is 383 g/mol. The molecule has 0 radical (unpaired) electrons. The molecule has 1 aromatic heterocycles. The molecule has 94 valence electrons. The maximum absolute atomic E-state index is 10.6. The van der Waals surface area contributed by atoms with Crippen LogP contribution in [0.4, 0.5) is 0 Å². The number of hydrogen-bond donors (Lipinski definition) is 1. The molecule has 1 N–H and O–H groups in total. The molecule has 3 nitrogen and oxygen atoms in total. The van der Waals surface area contributed by atoms with Crippen molar-refractivity contribution in [3.05, 3.63) is 19.2 Å². The Bertz CT molecular complexity index is 398. The zero-order valence-corrected chi connectivity index (χ0v) is 13.1. The van der Waals surface area contributed by atoms with E-state index in [-0.39, 0.29) is 6.42 Å². The van der Waals surface area contributed by atoms with Crippen LogP contribution in [0.2, 0.25) is 0 Å². The van der Waals surface area contributed by atoms with Crippen LogP contribution >= 0.6 is 43.2 Å². The van der Waals surface area contributed by atoms with E-state index in [1.54, 1.807) is 11.3 Å². The van der Waals surface area contributed by atoms with E-state index in [1.807, 2.05) is 0 Å². The fourth-order valence-electron chi connectivity index (χ4n) is 1.74. The van der Waals surface area contributed by atoms with Gasteiger partial charge in [0.2, 0.25) is 0 Å². The van der Waals surface area contributed by atoms with Crippen molar-refractivity contribution in [3.8, 4) is 0 Å². The van der Waals surface area contributed by atoms with E-state index in [0.29, 0.717) is 12.6 Å². The van der Waals surface area contributed by atoms with Gasteiger partial charge in [0, 0.05) is 28.5 Å². The highest BCUT2D eigenvalue weighted by Crippen LogP contribution is 2.35. The fourth-order valence-corrected chi connectivity index (χ4v) is 3.94. The first-order valence-electron chi connectivity index (χ1n) is 5.46. The molecule has 1 aliphatic carbocycles. The van der Waals surface area contributed by atoms with Crippen LogP contribution in [0.25, 0.3) is 0 Å².